The molecule has 2 aromatic rings. The third-order valence-corrected chi connectivity index (χ3v) is 5.00. The number of aliphatic imine (C=N–C) groups is 1. The van der Waals surface area contributed by atoms with Crippen molar-refractivity contribution in [1.82, 2.24) is 4.90 Å². The third kappa shape index (κ3) is 7.08. The number of carbonyl (C=O) groups is 1. The van der Waals surface area contributed by atoms with Gasteiger partial charge in [-0.15, -0.1) is 24.0 Å². The number of rotatable bonds is 5. The minimum atomic E-state index is -0.0683. The molecule has 29 heavy (non-hydrogen) atoms. The van der Waals surface area contributed by atoms with E-state index in [4.69, 9.17) is 17.3 Å². The summed E-state index contributed by atoms with van der Waals surface area (Å²) in [5, 5.41) is 3.52. The van der Waals surface area contributed by atoms with Crippen LogP contribution in [0.5, 0.6) is 0 Å². The molecule has 1 amide bonds. The van der Waals surface area contributed by atoms with E-state index in [1.807, 2.05) is 48.5 Å². The maximum atomic E-state index is 11.1. The number of halogens is 2. The number of anilines is 2. The van der Waals surface area contributed by atoms with Gasteiger partial charge in [0.25, 0.3) is 0 Å². The first-order valence-electron chi connectivity index (χ1n) is 9.43. The summed E-state index contributed by atoms with van der Waals surface area (Å²) >= 11 is 5.96. The second-order valence-corrected chi connectivity index (χ2v) is 7.25. The number of piperazine rings is 1. The van der Waals surface area contributed by atoms with Gasteiger partial charge >= 0.3 is 0 Å². The lowest BCUT2D eigenvalue weighted by Gasteiger charge is -2.36. The van der Waals surface area contributed by atoms with Gasteiger partial charge in [-0.3, -0.25) is 9.79 Å². The average Bonchev–Trinajstić information content (AvgIpc) is 2.69. The number of amides is 1. The van der Waals surface area contributed by atoms with Gasteiger partial charge in [-0.1, -0.05) is 23.7 Å². The summed E-state index contributed by atoms with van der Waals surface area (Å²) in [6.07, 6.45) is 0.811. The summed E-state index contributed by atoms with van der Waals surface area (Å²) in [7, 11) is 0. The van der Waals surface area contributed by atoms with Crippen LogP contribution in [0.25, 0.3) is 0 Å². The molecule has 0 atom stereocenters. The predicted octanol–water partition coefficient (Wildman–Crippen LogP) is 3.60. The molecular weight excluding hydrogens is 501 g/mol. The summed E-state index contributed by atoms with van der Waals surface area (Å²) in [6.45, 7) is 5.65. The molecule has 0 aromatic heterocycles. The van der Waals surface area contributed by atoms with Crippen molar-refractivity contribution >= 4 is 58.8 Å². The van der Waals surface area contributed by atoms with Gasteiger partial charge in [0.1, 0.15) is 0 Å². The Morgan fingerprint density at radius 3 is 2.28 bits per heavy atom. The highest BCUT2D eigenvalue weighted by molar-refractivity contribution is 14.0. The van der Waals surface area contributed by atoms with E-state index in [0.717, 1.165) is 43.3 Å². The average molecular weight is 528 g/mol. The molecule has 0 saturated carbocycles. The van der Waals surface area contributed by atoms with Crippen LogP contribution < -0.4 is 16.0 Å². The summed E-state index contributed by atoms with van der Waals surface area (Å²) in [5.74, 6) is 0.534. The Morgan fingerprint density at radius 2 is 1.69 bits per heavy atom. The van der Waals surface area contributed by atoms with E-state index < -0.39 is 0 Å². The fraction of sp³-hybridized carbons (Fsp3) is 0.333. The second kappa shape index (κ2) is 11.3. The van der Waals surface area contributed by atoms with Crippen LogP contribution in [0, 0.1) is 0 Å². The maximum Gasteiger partial charge on any atom is 0.221 e. The van der Waals surface area contributed by atoms with Crippen LogP contribution in [0.15, 0.2) is 53.5 Å². The van der Waals surface area contributed by atoms with E-state index in [1.165, 1.54) is 18.2 Å². The SMILES string of the molecule is CC(=O)Nc1ccc(CCN=C(N)N2CCN(c3ccc(Cl)cc3)CC2)cc1.I. The summed E-state index contributed by atoms with van der Waals surface area (Å²) in [4.78, 5) is 20.1. The molecule has 1 saturated heterocycles. The molecular formula is C21H27ClIN5O. The first-order valence-corrected chi connectivity index (χ1v) is 9.81. The molecule has 156 valence electrons. The largest absolute Gasteiger partial charge is 0.370 e. The zero-order chi connectivity index (χ0) is 19.9. The van der Waals surface area contributed by atoms with E-state index >= 15 is 0 Å². The van der Waals surface area contributed by atoms with Crippen molar-refractivity contribution in [2.24, 2.45) is 10.7 Å². The first kappa shape index (κ1) is 23.3. The van der Waals surface area contributed by atoms with Crippen LogP contribution in [0.3, 0.4) is 0 Å². The maximum absolute atomic E-state index is 11.1. The molecule has 1 heterocycles. The van der Waals surface area contributed by atoms with Gasteiger partial charge in [0.2, 0.25) is 5.91 Å². The van der Waals surface area contributed by atoms with Crippen molar-refractivity contribution in [1.29, 1.82) is 0 Å². The molecule has 1 aliphatic heterocycles. The summed E-state index contributed by atoms with van der Waals surface area (Å²) < 4.78 is 0. The highest BCUT2D eigenvalue weighted by Crippen LogP contribution is 2.19. The Morgan fingerprint density at radius 1 is 1.07 bits per heavy atom. The van der Waals surface area contributed by atoms with Gasteiger partial charge in [-0.2, -0.15) is 0 Å². The lowest BCUT2D eigenvalue weighted by atomic mass is 10.1. The molecule has 0 spiro atoms. The number of hydrogen-bond donors (Lipinski definition) is 2. The van der Waals surface area contributed by atoms with Crippen LogP contribution >= 0.6 is 35.6 Å². The van der Waals surface area contributed by atoms with E-state index in [9.17, 15) is 4.79 Å². The fourth-order valence-electron chi connectivity index (χ4n) is 3.20. The number of carbonyl (C=O) groups excluding carboxylic acids is 1. The zero-order valence-electron chi connectivity index (χ0n) is 16.5. The van der Waals surface area contributed by atoms with E-state index in [1.54, 1.807) is 0 Å². The molecule has 6 nitrogen and oxygen atoms in total. The van der Waals surface area contributed by atoms with E-state index in [0.29, 0.717) is 12.5 Å². The van der Waals surface area contributed by atoms with Gasteiger partial charge in [0.05, 0.1) is 0 Å². The number of nitrogens with one attached hydrogen (secondary N) is 1. The normalized spacial score (nSPS) is 14.3. The molecule has 1 aliphatic rings. The van der Waals surface area contributed by atoms with Crippen molar-refractivity contribution in [2.45, 2.75) is 13.3 Å². The fourth-order valence-corrected chi connectivity index (χ4v) is 3.33. The van der Waals surface area contributed by atoms with Gasteiger partial charge in [-0.05, 0) is 48.4 Å². The topological polar surface area (TPSA) is 74.0 Å². The number of hydrogen-bond acceptors (Lipinski definition) is 3. The number of nitrogens with zero attached hydrogens (tertiary/aromatic N) is 3. The Balaban J connectivity index is 0.00000300. The molecule has 3 rings (SSSR count). The highest BCUT2D eigenvalue weighted by Gasteiger charge is 2.18. The van der Waals surface area contributed by atoms with E-state index in [-0.39, 0.29) is 29.9 Å². The number of benzene rings is 2. The monoisotopic (exact) mass is 527 g/mol. The Labute approximate surface area is 194 Å². The summed E-state index contributed by atoms with van der Waals surface area (Å²) in [5.41, 5.74) is 9.34. The predicted molar refractivity (Wildman–Crippen MR) is 132 cm³/mol. The van der Waals surface area contributed by atoms with Crippen LogP contribution in [0.4, 0.5) is 11.4 Å². The molecule has 0 unspecified atom stereocenters. The molecule has 0 radical (unpaired) electrons. The molecule has 0 bridgehead atoms. The second-order valence-electron chi connectivity index (χ2n) is 6.82. The standard InChI is InChI=1S/C21H26ClN5O.HI/c1-16(28)25-19-6-2-17(3-7-19)10-11-24-21(23)27-14-12-26(13-15-27)20-8-4-18(22)5-9-20;/h2-9H,10-15H2,1H3,(H2,23,24)(H,25,28);1H. The van der Waals surface area contributed by atoms with Crippen molar-refractivity contribution < 1.29 is 4.79 Å². The zero-order valence-corrected chi connectivity index (χ0v) is 19.6. The van der Waals surface area contributed by atoms with Gasteiger partial charge in [0, 0.05) is 56.0 Å². The Kier molecular flexibility index (Phi) is 9.03. The van der Waals surface area contributed by atoms with Crippen molar-refractivity contribution in [3.05, 3.63) is 59.1 Å². The van der Waals surface area contributed by atoms with Gasteiger partial charge in [-0.25, -0.2) is 0 Å². The third-order valence-electron chi connectivity index (χ3n) is 4.74. The number of nitrogens with two attached hydrogens (primary N) is 1. The van der Waals surface area contributed by atoms with Crippen LogP contribution in [-0.4, -0.2) is 49.5 Å². The van der Waals surface area contributed by atoms with Crippen molar-refractivity contribution in [3.63, 3.8) is 0 Å². The lowest BCUT2D eigenvalue weighted by Crippen LogP contribution is -2.51. The minimum absolute atomic E-state index is 0. The molecule has 3 N–H and O–H groups in total. The highest BCUT2D eigenvalue weighted by atomic mass is 127. The van der Waals surface area contributed by atoms with Crippen molar-refractivity contribution in [3.8, 4) is 0 Å². The minimum Gasteiger partial charge on any atom is -0.370 e. The van der Waals surface area contributed by atoms with Gasteiger partial charge in [0.15, 0.2) is 5.96 Å². The Bertz CT molecular complexity index is 818. The van der Waals surface area contributed by atoms with Gasteiger partial charge < -0.3 is 20.9 Å². The van der Waals surface area contributed by atoms with Crippen molar-refractivity contribution in [2.75, 3.05) is 42.9 Å². The van der Waals surface area contributed by atoms with Crippen LogP contribution in [-0.2, 0) is 11.2 Å². The number of guanidine groups is 1. The quantitative estimate of drug-likeness (QED) is 0.354. The summed E-state index contributed by atoms with van der Waals surface area (Å²) in [6, 6.07) is 15.7. The molecule has 1 fully saturated rings. The molecule has 8 heteroatoms. The lowest BCUT2D eigenvalue weighted by molar-refractivity contribution is -0.114. The van der Waals surface area contributed by atoms with Crippen LogP contribution in [0.2, 0.25) is 5.02 Å². The smallest absolute Gasteiger partial charge is 0.221 e. The Hall–Kier alpha value is -2.00. The molecule has 0 aliphatic carbocycles. The van der Waals surface area contributed by atoms with E-state index in [2.05, 4.69) is 20.1 Å². The van der Waals surface area contributed by atoms with Crippen LogP contribution in [0.1, 0.15) is 12.5 Å². The molecule has 2 aromatic carbocycles. The first-order chi connectivity index (χ1) is 13.5.